The molecule has 1 fully saturated rings. The summed E-state index contributed by atoms with van der Waals surface area (Å²) in [6, 6.07) is 6.56. The molecule has 3 aliphatic heterocycles. The number of fused-ring (bicyclic) bond motifs is 5. The van der Waals surface area contributed by atoms with E-state index >= 15 is 0 Å². The van der Waals surface area contributed by atoms with E-state index in [1.165, 1.54) is 6.07 Å². The number of aliphatic hydroxyl groups excluding tert-OH is 2. The van der Waals surface area contributed by atoms with Gasteiger partial charge >= 0.3 is 17.9 Å². The van der Waals surface area contributed by atoms with Gasteiger partial charge in [-0.15, -0.1) is 0 Å². The van der Waals surface area contributed by atoms with E-state index in [0.717, 1.165) is 18.2 Å². The van der Waals surface area contributed by atoms with Crippen LogP contribution in [0, 0.1) is 0 Å². The Balaban J connectivity index is 1.31. The molecule has 23 heteroatoms. The van der Waals surface area contributed by atoms with Crippen LogP contribution >= 0.6 is 0 Å². The van der Waals surface area contributed by atoms with Crippen LogP contribution in [0.4, 0.5) is 0 Å². The second-order valence-corrected chi connectivity index (χ2v) is 15.0. The van der Waals surface area contributed by atoms with Gasteiger partial charge < -0.3 is 100 Å². The van der Waals surface area contributed by atoms with Gasteiger partial charge in [-0.2, -0.15) is 0 Å². The molecule has 5 aromatic rings. The highest BCUT2D eigenvalue weighted by atomic mass is 16.6. The molecule has 65 heavy (non-hydrogen) atoms. The molecule has 0 aromatic heterocycles. The molecule has 23 nitrogen and oxygen atoms in total. The van der Waals surface area contributed by atoms with Gasteiger partial charge in [0.15, 0.2) is 64.0 Å². The van der Waals surface area contributed by atoms with Crippen molar-refractivity contribution in [2.45, 2.75) is 49.1 Å². The summed E-state index contributed by atoms with van der Waals surface area (Å²) in [6.07, 6.45) is -14.2. The number of phenols is 13. The van der Waals surface area contributed by atoms with Crippen LogP contribution in [-0.4, -0.2) is 132 Å². The number of aromatic hydroxyl groups is 13. The minimum absolute atomic E-state index is 0.0379. The highest BCUT2D eigenvalue weighted by molar-refractivity contribution is 6.08. The molecule has 0 spiro atoms. The standard InChI is InChI=1S/C42H34O23/c43-16-2-1-11(3-18(16)45)35-24(51)6-13-17(44)9-19(46)28(36(13)63-35)37-39-38(32(55)25(62-37)10-61-40(58)12-4-20(47)29(52)21(48)5-12)64-41(59)14-7-22(49)30(53)33(56)26(14)27-15(42(60)65-39)8-23(50)31(54)34(27)57/h1-5,7-9,24-25,32,35,37-39,43-57H,6,10H2. The molecule has 3 aliphatic rings. The molecule has 3 heterocycles. The highest BCUT2D eigenvalue weighted by Crippen LogP contribution is 2.55. The lowest BCUT2D eigenvalue weighted by atomic mass is 9.85. The second-order valence-electron chi connectivity index (χ2n) is 15.0. The molecule has 0 bridgehead atoms. The third-order valence-electron chi connectivity index (χ3n) is 11.0. The Morgan fingerprint density at radius 2 is 1.12 bits per heavy atom. The Kier molecular flexibility index (Phi) is 10.5. The van der Waals surface area contributed by atoms with Gasteiger partial charge in [0.05, 0.1) is 28.4 Å². The predicted octanol–water partition coefficient (Wildman–Crippen LogP) is 1.99. The van der Waals surface area contributed by atoms with Gasteiger partial charge in [0.1, 0.15) is 48.3 Å². The highest BCUT2D eigenvalue weighted by Gasteiger charge is 2.54. The lowest BCUT2D eigenvalue weighted by Gasteiger charge is -2.45. The number of ether oxygens (including phenoxy) is 5. The first-order chi connectivity index (χ1) is 30.7. The number of phenolic OH excluding ortho intramolecular Hbond substituents is 13. The zero-order chi connectivity index (χ0) is 47.1. The Morgan fingerprint density at radius 1 is 0.569 bits per heavy atom. The Morgan fingerprint density at radius 3 is 1.69 bits per heavy atom. The predicted molar refractivity (Wildman–Crippen MR) is 208 cm³/mol. The van der Waals surface area contributed by atoms with E-state index in [1.54, 1.807) is 0 Å². The lowest BCUT2D eigenvalue weighted by Crippen LogP contribution is -2.58. The van der Waals surface area contributed by atoms with Crippen LogP contribution < -0.4 is 4.74 Å². The Hall–Kier alpha value is -8.41. The quantitative estimate of drug-likeness (QED) is 0.0681. The fourth-order valence-corrected chi connectivity index (χ4v) is 7.84. The molecule has 1 saturated heterocycles. The van der Waals surface area contributed by atoms with E-state index < -0.39 is 188 Å². The molecule has 15 N–H and O–H groups in total. The summed E-state index contributed by atoms with van der Waals surface area (Å²) in [5.41, 5.74) is -5.16. The van der Waals surface area contributed by atoms with Crippen molar-refractivity contribution in [2.75, 3.05) is 6.61 Å². The van der Waals surface area contributed by atoms with Gasteiger partial charge in [-0.25, -0.2) is 14.4 Å². The summed E-state index contributed by atoms with van der Waals surface area (Å²) in [7, 11) is 0. The number of aliphatic hydroxyl groups is 2. The third-order valence-corrected chi connectivity index (χ3v) is 11.0. The van der Waals surface area contributed by atoms with Gasteiger partial charge in [-0.1, -0.05) is 6.07 Å². The maximum atomic E-state index is 14.4. The van der Waals surface area contributed by atoms with Crippen LogP contribution in [0.5, 0.6) is 80.5 Å². The van der Waals surface area contributed by atoms with Gasteiger partial charge in [0.25, 0.3) is 0 Å². The maximum Gasteiger partial charge on any atom is 0.339 e. The number of esters is 3. The smallest absolute Gasteiger partial charge is 0.339 e. The summed E-state index contributed by atoms with van der Waals surface area (Å²) in [5, 5.41) is 160. The van der Waals surface area contributed by atoms with Crippen LogP contribution in [0.2, 0.25) is 0 Å². The average Bonchev–Trinajstić information content (AvgIpc) is 3.25. The fraction of sp³-hybridized carbons (Fsp3) is 0.214. The molecule has 0 aliphatic carbocycles. The van der Waals surface area contributed by atoms with E-state index in [0.29, 0.717) is 24.3 Å². The van der Waals surface area contributed by atoms with Crippen molar-refractivity contribution in [2.24, 2.45) is 0 Å². The van der Waals surface area contributed by atoms with Crippen molar-refractivity contribution in [3.05, 3.63) is 81.9 Å². The topological polar surface area (TPSA) is 401 Å². The minimum Gasteiger partial charge on any atom is -0.507 e. The molecular formula is C42H34O23. The molecule has 0 saturated carbocycles. The largest absolute Gasteiger partial charge is 0.507 e. The van der Waals surface area contributed by atoms with Crippen LogP contribution in [0.3, 0.4) is 0 Å². The number of carbonyl (C=O) groups is 3. The number of hydrogen-bond acceptors (Lipinski definition) is 23. The van der Waals surface area contributed by atoms with E-state index in [4.69, 9.17) is 23.7 Å². The zero-order valence-corrected chi connectivity index (χ0v) is 32.5. The summed E-state index contributed by atoms with van der Waals surface area (Å²) < 4.78 is 29.1. The maximum absolute atomic E-state index is 14.4. The van der Waals surface area contributed by atoms with Gasteiger partial charge in [0, 0.05) is 29.2 Å². The van der Waals surface area contributed by atoms with Crippen molar-refractivity contribution in [3.63, 3.8) is 0 Å². The molecule has 7 atom stereocenters. The number of benzene rings is 5. The van der Waals surface area contributed by atoms with Gasteiger partial charge in [-0.3, -0.25) is 0 Å². The summed E-state index contributed by atoms with van der Waals surface area (Å²) >= 11 is 0. The Bertz CT molecular complexity index is 2810. The monoisotopic (exact) mass is 906 g/mol. The summed E-state index contributed by atoms with van der Waals surface area (Å²) in [4.78, 5) is 41.9. The molecule has 7 unspecified atom stereocenters. The van der Waals surface area contributed by atoms with E-state index in [9.17, 15) is 91.0 Å². The van der Waals surface area contributed by atoms with Crippen molar-refractivity contribution in [3.8, 4) is 91.6 Å². The van der Waals surface area contributed by atoms with E-state index in [1.807, 2.05) is 0 Å². The first-order valence-electron chi connectivity index (χ1n) is 18.9. The number of hydrogen-bond donors (Lipinski definition) is 15. The first kappa shape index (κ1) is 43.2. The van der Waals surface area contributed by atoms with E-state index in [-0.39, 0.29) is 11.1 Å². The van der Waals surface area contributed by atoms with Crippen molar-refractivity contribution < 1.29 is 115 Å². The molecule has 8 rings (SSSR count). The fourth-order valence-electron chi connectivity index (χ4n) is 7.84. The van der Waals surface area contributed by atoms with Gasteiger partial charge in [-0.05, 0) is 42.0 Å². The van der Waals surface area contributed by atoms with Crippen LogP contribution in [0.25, 0.3) is 11.1 Å². The molecule has 5 aromatic carbocycles. The van der Waals surface area contributed by atoms with Crippen molar-refractivity contribution in [1.29, 1.82) is 0 Å². The van der Waals surface area contributed by atoms with Crippen LogP contribution in [0.1, 0.15) is 60.0 Å². The molecule has 0 radical (unpaired) electrons. The summed E-state index contributed by atoms with van der Waals surface area (Å²) in [6.45, 7) is -1.04. The van der Waals surface area contributed by atoms with Crippen molar-refractivity contribution >= 4 is 17.9 Å². The SMILES string of the molecule is O=C(OCC1OC(c2c(O)cc(O)c3c2OC(c2ccc(O)c(O)c2)C(O)C3)C2OC(=O)c3cc(O)c(O)c(O)c3-c3c(cc(O)c(O)c3O)C(=O)OC2C1O)c1cc(O)c(O)c(O)c1. The average molecular weight is 907 g/mol. The molecule has 0 amide bonds. The van der Waals surface area contributed by atoms with Crippen LogP contribution in [-0.2, 0) is 25.4 Å². The zero-order valence-electron chi connectivity index (χ0n) is 32.5. The molecule has 340 valence electrons. The molecular weight excluding hydrogens is 872 g/mol. The first-order valence-corrected chi connectivity index (χ1v) is 18.9. The minimum atomic E-state index is -2.27. The number of carbonyl (C=O) groups excluding carboxylic acids is 3. The Labute approximate surface area is 361 Å². The normalized spacial score (nSPS) is 22.5. The van der Waals surface area contributed by atoms with Gasteiger partial charge in [0.2, 0.25) is 11.5 Å². The second kappa shape index (κ2) is 15.7. The summed E-state index contributed by atoms with van der Waals surface area (Å²) in [5.74, 6) is -18.4. The lowest BCUT2D eigenvalue weighted by molar-refractivity contribution is -0.232. The van der Waals surface area contributed by atoms with Crippen LogP contribution in [0.15, 0.2) is 48.5 Å². The van der Waals surface area contributed by atoms with E-state index in [2.05, 4.69) is 0 Å². The third kappa shape index (κ3) is 7.13. The van der Waals surface area contributed by atoms with Crippen molar-refractivity contribution in [1.82, 2.24) is 0 Å². The number of rotatable bonds is 5.